The molecular weight excluding hydrogens is 222 g/mol. The molecule has 0 aromatic rings. The molecule has 0 aliphatic rings. The van der Waals surface area contributed by atoms with Crippen LogP contribution in [0.1, 0.15) is 58.3 Å². The Bertz CT molecular complexity index is 255. The normalized spacial score (nSPS) is 14.2. The zero-order valence-corrected chi connectivity index (χ0v) is 10.4. The Balaban J connectivity index is 3.93. The van der Waals surface area contributed by atoms with E-state index >= 15 is 0 Å². The predicted molar refractivity (Wildman–Crippen MR) is 64.8 cm³/mol. The van der Waals surface area contributed by atoms with E-state index in [1.165, 1.54) is 6.42 Å². The van der Waals surface area contributed by atoms with Gasteiger partial charge in [0.25, 0.3) is 0 Å². The monoisotopic (exact) mass is 245 g/mol. The molecule has 0 spiro atoms. The molecule has 0 saturated heterocycles. The first-order valence-corrected chi connectivity index (χ1v) is 6.16. The molecule has 0 bridgehead atoms. The molecule has 0 saturated carbocycles. The van der Waals surface area contributed by atoms with Crippen molar-refractivity contribution in [1.29, 1.82) is 0 Å². The van der Waals surface area contributed by atoms with Crippen molar-refractivity contribution in [1.82, 2.24) is 0 Å². The van der Waals surface area contributed by atoms with Gasteiger partial charge in [0.05, 0.1) is 6.42 Å². The van der Waals surface area contributed by atoms with Crippen molar-refractivity contribution in [2.45, 2.75) is 63.8 Å². The standard InChI is InChI=1S/C12H23NO4/c1-2-3-4-5-6-7-8-12(13,11(16)17)9-10(14)15/h2-9,13H2,1H3,(H,14,15)(H,16,17). The molecule has 0 aliphatic carbocycles. The number of carboxylic acid groups (broad SMARTS) is 2. The molecule has 0 aromatic carbocycles. The fourth-order valence-corrected chi connectivity index (χ4v) is 1.76. The molecule has 0 heterocycles. The van der Waals surface area contributed by atoms with Crippen LogP contribution in [0, 0.1) is 0 Å². The van der Waals surface area contributed by atoms with Gasteiger partial charge in [0.2, 0.25) is 0 Å². The van der Waals surface area contributed by atoms with E-state index < -0.39 is 23.9 Å². The summed E-state index contributed by atoms with van der Waals surface area (Å²) in [7, 11) is 0. The number of nitrogens with two attached hydrogens (primary N) is 1. The Morgan fingerprint density at radius 3 is 2.06 bits per heavy atom. The number of unbranched alkanes of at least 4 members (excludes halogenated alkanes) is 5. The maximum atomic E-state index is 10.9. The van der Waals surface area contributed by atoms with Crippen LogP contribution in [0.3, 0.4) is 0 Å². The van der Waals surface area contributed by atoms with Crippen LogP contribution in [-0.4, -0.2) is 27.7 Å². The van der Waals surface area contributed by atoms with Crippen molar-refractivity contribution < 1.29 is 19.8 Å². The second-order valence-corrected chi connectivity index (χ2v) is 4.55. The minimum absolute atomic E-state index is 0.223. The van der Waals surface area contributed by atoms with Gasteiger partial charge in [-0.1, -0.05) is 45.4 Å². The molecule has 0 amide bonds. The van der Waals surface area contributed by atoms with Gasteiger partial charge >= 0.3 is 11.9 Å². The Hall–Kier alpha value is -1.10. The summed E-state index contributed by atoms with van der Waals surface area (Å²) in [6.45, 7) is 2.13. The largest absolute Gasteiger partial charge is 0.481 e. The van der Waals surface area contributed by atoms with E-state index in [0.29, 0.717) is 6.42 Å². The van der Waals surface area contributed by atoms with E-state index in [2.05, 4.69) is 6.92 Å². The molecule has 0 rings (SSSR count). The van der Waals surface area contributed by atoms with Crippen molar-refractivity contribution in [2.24, 2.45) is 5.73 Å². The fraction of sp³-hybridized carbons (Fsp3) is 0.833. The van der Waals surface area contributed by atoms with Gasteiger partial charge in [-0.05, 0) is 6.42 Å². The Kier molecular flexibility index (Phi) is 7.54. The Labute approximate surface area is 102 Å². The number of carboxylic acids is 2. The van der Waals surface area contributed by atoms with Crippen LogP contribution in [0.25, 0.3) is 0 Å². The zero-order valence-electron chi connectivity index (χ0n) is 10.4. The van der Waals surface area contributed by atoms with Crippen molar-refractivity contribution >= 4 is 11.9 Å². The molecule has 0 aromatic heterocycles. The Morgan fingerprint density at radius 1 is 1.06 bits per heavy atom. The average molecular weight is 245 g/mol. The molecule has 17 heavy (non-hydrogen) atoms. The van der Waals surface area contributed by atoms with Crippen molar-refractivity contribution in [3.63, 3.8) is 0 Å². The highest BCUT2D eigenvalue weighted by molar-refractivity contribution is 5.84. The maximum absolute atomic E-state index is 10.9. The van der Waals surface area contributed by atoms with E-state index in [1.807, 2.05) is 0 Å². The van der Waals surface area contributed by atoms with Crippen molar-refractivity contribution in [3.05, 3.63) is 0 Å². The highest BCUT2D eigenvalue weighted by Crippen LogP contribution is 2.18. The number of rotatable bonds is 10. The van der Waals surface area contributed by atoms with Gasteiger partial charge in [0.15, 0.2) is 0 Å². The van der Waals surface area contributed by atoms with Crippen molar-refractivity contribution in [3.8, 4) is 0 Å². The summed E-state index contributed by atoms with van der Waals surface area (Å²) in [5.74, 6) is -2.39. The first-order valence-electron chi connectivity index (χ1n) is 6.16. The first-order chi connectivity index (χ1) is 7.92. The molecule has 0 fully saturated rings. The predicted octanol–water partition coefficient (Wildman–Crippen LogP) is 1.99. The number of hydrogen-bond acceptors (Lipinski definition) is 3. The third-order valence-corrected chi connectivity index (χ3v) is 2.87. The van der Waals surface area contributed by atoms with Gasteiger partial charge in [0, 0.05) is 0 Å². The molecule has 0 radical (unpaired) electrons. The smallest absolute Gasteiger partial charge is 0.324 e. The molecule has 1 unspecified atom stereocenters. The highest BCUT2D eigenvalue weighted by Gasteiger charge is 2.35. The average Bonchev–Trinajstić information content (AvgIpc) is 2.22. The number of hydrogen-bond donors (Lipinski definition) is 3. The number of aliphatic carboxylic acids is 2. The van der Waals surface area contributed by atoms with Gasteiger partial charge in [0.1, 0.15) is 5.54 Å². The van der Waals surface area contributed by atoms with Crippen LogP contribution in [0.5, 0.6) is 0 Å². The SMILES string of the molecule is CCCCCCCCC(N)(CC(=O)O)C(=O)O. The van der Waals surface area contributed by atoms with E-state index in [4.69, 9.17) is 15.9 Å². The van der Waals surface area contributed by atoms with E-state index in [-0.39, 0.29) is 6.42 Å². The summed E-state index contributed by atoms with van der Waals surface area (Å²) in [6.07, 6.45) is 5.82. The lowest BCUT2D eigenvalue weighted by atomic mass is 9.89. The lowest BCUT2D eigenvalue weighted by molar-refractivity contribution is -0.150. The van der Waals surface area contributed by atoms with Gasteiger partial charge < -0.3 is 15.9 Å². The van der Waals surface area contributed by atoms with Crippen LogP contribution < -0.4 is 5.73 Å². The summed E-state index contributed by atoms with van der Waals surface area (Å²) in [5.41, 5.74) is 3.99. The summed E-state index contributed by atoms with van der Waals surface area (Å²) < 4.78 is 0. The van der Waals surface area contributed by atoms with Crippen LogP contribution >= 0.6 is 0 Å². The van der Waals surface area contributed by atoms with Crippen LogP contribution in [-0.2, 0) is 9.59 Å². The van der Waals surface area contributed by atoms with Gasteiger partial charge in [-0.2, -0.15) is 0 Å². The maximum Gasteiger partial charge on any atom is 0.324 e. The van der Waals surface area contributed by atoms with Gasteiger partial charge in [-0.25, -0.2) is 0 Å². The molecule has 5 heteroatoms. The third-order valence-electron chi connectivity index (χ3n) is 2.87. The molecule has 5 nitrogen and oxygen atoms in total. The summed E-state index contributed by atoms with van der Waals surface area (Å²) in [6, 6.07) is 0. The molecule has 100 valence electrons. The Morgan fingerprint density at radius 2 is 1.59 bits per heavy atom. The summed E-state index contributed by atoms with van der Waals surface area (Å²) in [5, 5.41) is 17.6. The van der Waals surface area contributed by atoms with E-state index in [1.54, 1.807) is 0 Å². The third kappa shape index (κ3) is 6.94. The second-order valence-electron chi connectivity index (χ2n) is 4.55. The zero-order chi connectivity index (χ0) is 13.3. The van der Waals surface area contributed by atoms with Crippen molar-refractivity contribution in [2.75, 3.05) is 0 Å². The molecule has 4 N–H and O–H groups in total. The lowest BCUT2D eigenvalue weighted by Crippen LogP contribution is -2.49. The minimum atomic E-state index is -1.61. The van der Waals surface area contributed by atoms with E-state index in [9.17, 15) is 9.59 Å². The quantitative estimate of drug-likeness (QED) is 0.511. The van der Waals surface area contributed by atoms with Gasteiger partial charge in [-0.15, -0.1) is 0 Å². The first kappa shape index (κ1) is 15.9. The van der Waals surface area contributed by atoms with Gasteiger partial charge in [-0.3, -0.25) is 9.59 Å². The van der Waals surface area contributed by atoms with Crippen LogP contribution in [0.4, 0.5) is 0 Å². The topological polar surface area (TPSA) is 101 Å². The molecule has 0 aliphatic heterocycles. The number of carbonyl (C=O) groups is 2. The lowest BCUT2D eigenvalue weighted by Gasteiger charge is -2.22. The minimum Gasteiger partial charge on any atom is -0.481 e. The fourth-order valence-electron chi connectivity index (χ4n) is 1.76. The molecular formula is C12H23NO4. The molecule has 1 atom stereocenters. The highest BCUT2D eigenvalue weighted by atomic mass is 16.4. The second kappa shape index (κ2) is 8.06. The summed E-state index contributed by atoms with van der Waals surface area (Å²) in [4.78, 5) is 21.5. The van der Waals surface area contributed by atoms with Crippen LogP contribution in [0.15, 0.2) is 0 Å². The van der Waals surface area contributed by atoms with E-state index in [0.717, 1.165) is 25.7 Å². The summed E-state index contributed by atoms with van der Waals surface area (Å²) >= 11 is 0. The van der Waals surface area contributed by atoms with Crippen LogP contribution in [0.2, 0.25) is 0 Å².